The van der Waals surface area contributed by atoms with Crippen LogP contribution in [-0.4, -0.2) is 33.8 Å². The third kappa shape index (κ3) is 2.44. The average Bonchev–Trinajstić information content (AvgIpc) is 3.18. The minimum atomic E-state index is -0.0374. The maximum Gasteiger partial charge on any atom is 0.268 e. The molecule has 0 bridgehead atoms. The quantitative estimate of drug-likeness (QED) is 0.776. The summed E-state index contributed by atoms with van der Waals surface area (Å²) in [6.07, 6.45) is 4.54. The molecule has 1 aliphatic carbocycles. The van der Waals surface area contributed by atoms with E-state index in [0.29, 0.717) is 5.69 Å². The summed E-state index contributed by atoms with van der Waals surface area (Å²) in [6, 6.07) is 7.90. The fraction of sp³-hybridized carbons (Fsp3) is 0.333. The summed E-state index contributed by atoms with van der Waals surface area (Å²) in [4.78, 5) is 12.7. The Kier molecular flexibility index (Phi) is 3.52. The van der Waals surface area contributed by atoms with E-state index in [-0.39, 0.29) is 11.9 Å². The van der Waals surface area contributed by atoms with Crippen molar-refractivity contribution in [2.45, 2.75) is 25.3 Å². The molecule has 0 radical (unpaired) electrons. The molecular formula is C18H20N4O2. The first-order valence-electron chi connectivity index (χ1n) is 8.11. The number of methoxy groups -OCH3 is 1. The third-order valence-electron chi connectivity index (χ3n) is 4.83. The van der Waals surface area contributed by atoms with Crippen LogP contribution in [0, 0.1) is 0 Å². The van der Waals surface area contributed by atoms with E-state index >= 15 is 0 Å². The highest BCUT2D eigenvalue weighted by Gasteiger charge is 2.23. The molecule has 1 atom stereocenters. The van der Waals surface area contributed by atoms with E-state index in [4.69, 9.17) is 4.74 Å². The number of rotatable bonds is 3. The Balaban J connectivity index is 1.56. The molecule has 2 heterocycles. The van der Waals surface area contributed by atoms with E-state index in [9.17, 15) is 4.79 Å². The van der Waals surface area contributed by atoms with Crippen LogP contribution >= 0.6 is 0 Å². The highest BCUT2D eigenvalue weighted by atomic mass is 16.5. The Bertz CT molecular complexity index is 909. The zero-order chi connectivity index (χ0) is 16.7. The molecule has 0 saturated heterocycles. The first-order chi connectivity index (χ1) is 11.7. The van der Waals surface area contributed by atoms with Crippen LogP contribution in [0.4, 0.5) is 0 Å². The number of carbonyl (C=O) groups excluding carboxylic acids is 1. The Morgan fingerprint density at radius 2 is 2.29 bits per heavy atom. The summed E-state index contributed by atoms with van der Waals surface area (Å²) in [6.45, 7) is 0. The van der Waals surface area contributed by atoms with Gasteiger partial charge in [0.05, 0.1) is 13.3 Å². The number of aryl methyl sites for hydroxylation is 2. The van der Waals surface area contributed by atoms with Crippen molar-refractivity contribution in [3.05, 3.63) is 47.4 Å². The summed E-state index contributed by atoms with van der Waals surface area (Å²) in [7, 11) is 3.56. The Labute approximate surface area is 139 Å². The van der Waals surface area contributed by atoms with Crippen molar-refractivity contribution in [3.8, 4) is 5.75 Å². The van der Waals surface area contributed by atoms with Crippen LogP contribution in [0.1, 0.15) is 28.2 Å². The summed E-state index contributed by atoms with van der Waals surface area (Å²) in [5.41, 5.74) is 4.07. The van der Waals surface area contributed by atoms with Gasteiger partial charge >= 0.3 is 0 Å². The first kappa shape index (κ1) is 14.8. The van der Waals surface area contributed by atoms with E-state index in [1.54, 1.807) is 7.11 Å². The van der Waals surface area contributed by atoms with Crippen molar-refractivity contribution < 1.29 is 9.53 Å². The van der Waals surface area contributed by atoms with Gasteiger partial charge in [-0.15, -0.1) is 0 Å². The van der Waals surface area contributed by atoms with Crippen LogP contribution in [0.15, 0.2) is 30.5 Å². The fourth-order valence-corrected chi connectivity index (χ4v) is 3.47. The lowest BCUT2D eigenvalue weighted by Gasteiger charge is -2.22. The number of benzene rings is 1. The summed E-state index contributed by atoms with van der Waals surface area (Å²) >= 11 is 0. The third-order valence-corrected chi connectivity index (χ3v) is 4.83. The van der Waals surface area contributed by atoms with Gasteiger partial charge in [0.1, 0.15) is 11.4 Å². The van der Waals surface area contributed by atoms with Gasteiger partial charge in [-0.3, -0.25) is 9.89 Å². The molecule has 1 aromatic carbocycles. The van der Waals surface area contributed by atoms with Crippen LogP contribution in [-0.2, 0) is 19.9 Å². The first-order valence-corrected chi connectivity index (χ1v) is 8.11. The van der Waals surface area contributed by atoms with Gasteiger partial charge in [0, 0.05) is 29.7 Å². The van der Waals surface area contributed by atoms with Crippen LogP contribution in [0.5, 0.6) is 5.75 Å². The van der Waals surface area contributed by atoms with Crippen LogP contribution < -0.4 is 10.1 Å². The molecule has 0 spiro atoms. The van der Waals surface area contributed by atoms with Gasteiger partial charge in [-0.1, -0.05) is 0 Å². The van der Waals surface area contributed by atoms with Gasteiger partial charge in [0.2, 0.25) is 0 Å². The van der Waals surface area contributed by atoms with Gasteiger partial charge < -0.3 is 14.6 Å². The van der Waals surface area contributed by atoms with Gasteiger partial charge in [-0.2, -0.15) is 5.10 Å². The Morgan fingerprint density at radius 3 is 3.12 bits per heavy atom. The van der Waals surface area contributed by atoms with Crippen molar-refractivity contribution in [2.24, 2.45) is 7.05 Å². The second kappa shape index (κ2) is 5.70. The van der Waals surface area contributed by atoms with E-state index in [1.807, 2.05) is 42.1 Å². The topological polar surface area (TPSA) is 71.9 Å². The molecule has 4 rings (SSSR count). The van der Waals surface area contributed by atoms with Gasteiger partial charge in [-0.05, 0) is 49.1 Å². The molecule has 1 unspecified atom stereocenters. The van der Waals surface area contributed by atoms with Crippen molar-refractivity contribution in [2.75, 3.05) is 7.11 Å². The number of nitrogens with one attached hydrogen (secondary N) is 2. The highest BCUT2D eigenvalue weighted by molar-refractivity contribution is 5.99. The summed E-state index contributed by atoms with van der Waals surface area (Å²) in [5, 5.41) is 11.3. The molecule has 2 aromatic heterocycles. The normalized spacial score (nSPS) is 16.8. The van der Waals surface area contributed by atoms with Crippen LogP contribution in [0.3, 0.4) is 0 Å². The second-order valence-electron chi connectivity index (χ2n) is 6.30. The number of carbonyl (C=O) groups is 1. The molecule has 0 aliphatic heterocycles. The summed E-state index contributed by atoms with van der Waals surface area (Å²) in [5.74, 6) is 0.754. The molecule has 0 saturated carbocycles. The molecule has 6 nitrogen and oxygen atoms in total. The van der Waals surface area contributed by atoms with Crippen LogP contribution in [0.2, 0.25) is 0 Å². The maximum absolute atomic E-state index is 12.7. The summed E-state index contributed by atoms with van der Waals surface area (Å²) < 4.78 is 7.19. The fourth-order valence-electron chi connectivity index (χ4n) is 3.47. The number of fused-ring (bicyclic) bond motifs is 2. The number of hydrogen-bond acceptors (Lipinski definition) is 3. The molecule has 1 aliphatic rings. The van der Waals surface area contributed by atoms with Crippen LogP contribution in [0.25, 0.3) is 10.9 Å². The number of hydrogen-bond donors (Lipinski definition) is 2. The maximum atomic E-state index is 12.7. The Hall–Kier alpha value is -2.76. The molecule has 3 aromatic rings. The Morgan fingerprint density at radius 1 is 1.42 bits per heavy atom. The van der Waals surface area contributed by atoms with Crippen molar-refractivity contribution in [1.29, 1.82) is 0 Å². The molecular weight excluding hydrogens is 304 g/mol. The highest BCUT2D eigenvalue weighted by Crippen LogP contribution is 2.24. The van der Waals surface area contributed by atoms with E-state index in [2.05, 4.69) is 15.5 Å². The number of aromatic amines is 1. The minimum Gasteiger partial charge on any atom is -0.497 e. The lowest BCUT2D eigenvalue weighted by atomic mass is 9.93. The SMILES string of the molecule is COc1ccc2c(c1)cc(C(=O)NC1CCc3[nH]ncc3C1)n2C. The lowest BCUT2D eigenvalue weighted by molar-refractivity contribution is 0.0926. The van der Waals surface area contributed by atoms with Gasteiger partial charge in [0.25, 0.3) is 5.91 Å². The zero-order valence-corrected chi connectivity index (χ0v) is 13.8. The van der Waals surface area contributed by atoms with E-state index in [1.165, 1.54) is 11.3 Å². The van der Waals surface area contributed by atoms with Crippen molar-refractivity contribution in [3.63, 3.8) is 0 Å². The minimum absolute atomic E-state index is 0.0374. The number of aromatic nitrogens is 3. The smallest absolute Gasteiger partial charge is 0.268 e. The largest absolute Gasteiger partial charge is 0.497 e. The predicted octanol–water partition coefficient (Wildman–Crippen LogP) is 2.20. The predicted molar refractivity (Wildman–Crippen MR) is 91.3 cm³/mol. The monoisotopic (exact) mass is 324 g/mol. The van der Waals surface area contributed by atoms with E-state index < -0.39 is 0 Å². The zero-order valence-electron chi connectivity index (χ0n) is 13.8. The molecule has 2 N–H and O–H groups in total. The van der Waals surface area contributed by atoms with Crippen molar-refractivity contribution >= 4 is 16.8 Å². The number of H-pyrrole nitrogens is 1. The average molecular weight is 324 g/mol. The lowest BCUT2D eigenvalue weighted by Crippen LogP contribution is -2.39. The molecule has 0 fully saturated rings. The number of nitrogens with zero attached hydrogens (tertiary/aromatic N) is 2. The van der Waals surface area contributed by atoms with Gasteiger partial charge in [-0.25, -0.2) is 0 Å². The van der Waals surface area contributed by atoms with E-state index in [0.717, 1.165) is 35.9 Å². The molecule has 124 valence electrons. The molecule has 6 heteroatoms. The second-order valence-corrected chi connectivity index (χ2v) is 6.30. The van der Waals surface area contributed by atoms with Gasteiger partial charge in [0.15, 0.2) is 0 Å². The standard InChI is InChI=1S/C18H20N4O2/c1-22-16-6-4-14(24-2)8-11(16)9-17(22)18(23)20-13-3-5-15-12(7-13)10-19-21-15/h4,6,8-10,13H,3,5,7H2,1-2H3,(H,19,21)(H,20,23). The molecule has 24 heavy (non-hydrogen) atoms. The number of ether oxygens (including phenoxy) is 1. The molecule has 1 amide bonds. The van der Waals surface area contributed by atoms with Crippen molar-refractivity contribution in [1.82, 2.24) is 20.1 Å². The number of amides is 1.